The Kier molecular flexibility index (Phi) is 11.2. The molecule has 2 amide bonds. The maximum absolute atomic E-state index is 14.5. The average molecular weight is 632 g/mol. The predicted octanol–water partition coefficient (Wildman–Crippen LogP) is 6.32. The highest BCUT2D eigenvalue weighted by atomic mass is 35.5. The largest absolute Gasteiger partial charge is 0.354 e. The summed E-state index contributed by atoms with van der Waals surface area (Å²) in [5.74, 6) is -0.792. The molecule has 0 aliphatic carbocycles. The van der Waals surface area contributed by atoms with E-state index in [1.165, 1.54) is 29.2 Å². The van der Waals surface area contributed by atoms with Crippen LogP contribution in [0.1, 0.15) is 35.6 Å². The van der Waals surface area contributed by atoms with Crippen molar-refractivity contribution in [2.24, 2.45) is 0 Å². The SMILES string of the molecule is CCCNC(=O)[C@H](Cc1ccccc1)N(Cc1cccc(C)c1)C(=O)CN(c1ccccc1C)S(=O)(=O)c1ccc(Cl)cc1. The highest BCUT2D eigenvalue weighted by Gasteiger charge is 2.35. The van der Waals surface area contributed by atoms with Crippen LogP contribution in [0.4, 0.5) is 5.69 Å². The fourth-order valence-corrected chi connectivity index (χ4v) is 6.62. The van der Waals surface area contributed by atoms with Gasteiger partial charge >= 0.3 is 0 Å². The van der Waals surface area contributed by atoms with Crippen molar-refractivity contribution in [2.75, 3.05) is 17.4 Å². The van der Waals surface area contributed by atoms with Crippen LogP contribution in [0.5, 0.6) is 0 Å². The van der Waals surface area contributed by atoms with Crippen molar-refractivity contribution in [3.8, 4) is 0 Å². The third-order valence-corrected chi connectivity index (χ3v) is 9.35. The van der Waals surface area contributed by atoms with E-state index < -0.39 is 28.5 Å². The van der Waals surface area contributed by atoms with E-state index in [1.807, 2.05) is 74.5 Å². The minimum Gasteiger partial charge on any atom is -0.354 e. The number of amides is 2. The van der Waals surface area contributed by atoms with Crippen LogP contribution in [-0.4, -0.2) is 44.3 Å². The first-order valence-corrected chi connectivity index (χ1v) is 16.4. The van der Waals surface area contributed by atoms with E-state index in [0.29, 0.717) is 22.8 Å². The zero-order chi connectivity index (χ0) is 31.7. The molecule has 0 heterocycles. The standard InChI is InChI=1S/C35H38ClN3O4S/c1-4-21-37-35(41)33(23-28-13-6-5-7-14-28)38(24-29-15-10-11-26(2)22-29)34(40)25-39(32-16-9-8-12-27(32)3)44(42,43)31-19-17-30(36)18-20-31/h5-20,22,33H,4,21,23-25H2,1-3H3,(H,37,41)/t33-/m0/s1. The number of benzene rings is 4. The molecule has 0 saturated heterocycles. The Morgan fingerprint density at radius 3 is 2.16 bits per heavy atom. The molecule has 0 unspecified atom stereocenters. The zero-order valence-corrected chi connectivity index (χ0v) is 26.8. The Hall–Kier alpha value is -4.14. The van der Waals surface area contributed by atoms with E-state index in [0.717, 1.165) is 27.4 Å². The van der Waals surface area contributed by atoms with Crippen molar-refractivity contribution >= 4 is 39.1 Å². The maximum Gasteiger partial charge on any atom is 0.264 e. The lowest BCUT2D eigenvalue weighted by Crippen LogP contribution is -2.53. The smallest absolute Gasteiger partial charge is 0.264 e. The van der Waals surface area contributed by atoms with Crippen LogP contribution >= 0.6 is 11.6 Å². The third kappa shape index (κ3) is 8.27. The van der Waals surface area contributed by atoms with E-state index in [2.05, 4.69) is 5.32 Å². The van der Waals surface area contributed by atoms with E-state index >= 15 is 0 Å². The number of carbonyl (C=O) groups is 2. The van der Waals surface area contributed by atoms with Crippen molar-refractivity contribution in [1.29, 1.82) is 0 Å². The molecule has 0 aliphatic heterocycles. The second-order valence-electron chi connectivity index (χ2n) is 10.8. The number of hydrogen-bond acceptors (Lipinski definition) is 4. The topological polar surface area (TPSA) is 86.8 Å². The summed E-state index contributed by atoms with van der Waals surface area (Å²) >= 11 is 6.06. The van der Waals surface area contributed by atoms with Gasteiger partial charge in [-0.25, -0.2) is 8.42 Å². The van der Waals surface area contributed by atoms with E-state index in [9.17, 15) is 18.0 Å². The molecule has 0 radical (unpaired) electrons. The Morgan fingerprint density at radius 1 is 0.841 bits per heavy atom. The maximum atomic E-state index is 14.5. The molecule has 44 heavy (non-hydrogen) atoms. The minimum atomic E-state index is -4.19. The molecule has 0 aliphatic rings. The predicted molar refractivity (Wildman–Crippen MR) is 176 cm³/mol. The Bertz CT molecular complexity index is 1680. The van der Waals surface area contributed by atoms with Crippen LogP contribution < -0.4 is 9.62 Å². The lowest BCUT2D eigenvalue weighted by atomic mass is 10.0. The van der Waals surface area contributed by atoms with Gasteiger partial charge in [0.05, 0.1) is 10.6 Å². The number of carbonyl (C=O) groups excluding carboxylic acids is 2. The fourth-order valence-electron chi connectivity index (χ4n) is 5.02. The number of halogens is 1. The molecule has 4 aromatic carbocycles. The number of hydrogen-bond donors (Lipinski definition) is 1. The van der Waals surface area contributed by atoms with Gasteiger partial charge < -0.3 is 10.2 Å². The second kappa shape index (κ2) is 15.0. The van der Waals surface area contributed by atoms with Crippen LogP contribution in [-0.2, 0) is 32.6 Å². The Labute approximate surface area is 265 Å². The van der Waals surface area contributed by atoms with Crippen LogP contribution in [0.15, 0.2) is 108 Å². The highest BCUT2D eigenvalue weighted by molar-refractivity contribution is 7.92. The van der Waals surface area contributed by atoms with Gasteiger partial charge in [-0.05, 0) is 67.3 Å². The van der Waals surface area contributed by atoms with Crippen molar-refractivity contribution in [2.45, 2.75) is 51.1 Å². The molecule has 0 aromatic heterocycles. The summed E-state index contributed by atoms with van der Waals surface area (Å²) in [6.07, 6.45) is 0.998. The lowest BCUT2D eigenvalue weighted by Gasteiger charge is -2.34. The quantitative estimate of drug-likeness (QED) is 0.187. The van der Waals surface area contributed by atoms with Gasteiger partial charge in [0, 0.05) is 24.5 Å². The van der Waals surface area contributed by atoms with Crippen LogP contribution in [0.25, 0.3) is 0 Å². The van der Waals surface area contributed by atoms with Crippen LogP contribution in [0, 0.1) is 13.8 Å². The van der Waals surface area contributed by atoms with Gasteiger partial charge in [0.2, 0.25) is 11.8 Å². The van der Waals surface area contributed by atoms with Crippen molar-refractivity contribution < 1.29 is 18.0 Å². The number of nitrogens with one attached hydrogen (secondary N) is 1. The fraction of sp³-hybridized carbons (Fsp3) is 0.257. The van der Waals surface area contributed by atoms with Gasteiger partial charge in [0.15, 0.2) is 0 Å². The Balaban J connectivity index is 1.80. The molecule has 1 atom stereocenters. The van der Waals surface area contributed by atoms with E-state index in [4.69, 9.17) is 11.6 Å². The summed E-state index contributed by atoms with van der Waals surface area (Å²) in [5, 5.41) is 3.36. The molecule has 0 saturated carbocycles. The van der Waals surface area contributed by atoms with Gasteiger partial charge in [0.1, 0.15) is 12.6 Å². The number of aryl methyl sites for hydroxylation is 2. The molecule has 7 nitrogen and oxygen atoms in total. The number of anilines is 1. The van der Waals surface area contributed by atoms with Gasteiger partial charge in [-0.1, -0.05) is 96.9 Å². The molecule has 1 N–H and O–H groups in total. The number of nitrogens with zero attached hydrogens (tertiary/aromatic N) is 2. The zero-order valence-electron chi connectivity index (χ0n) is 25.2. The summed E-state index contributed by atoms with van der Waals surface area (Å²) in [6.45, 7) is 5.80. The molecule has 4 rings (SSSR count). The van der Waals surface area contributed by atoms with Gasteiger partial charge in [-0.3, -0.25) is 13.9 Å². The first-order valence-electron chi connectivity index (χ1n) is 14.6. The first-order chi connectivity index (χ1) is 21.1. The average Bonchev–Trinajstić information content (AvgIpc) is 3.01. The highest BCUT2D eigenvalue weighted by Crippen LogP contribution is 2.28. The molecule has 9 heteroatoms. The van der Waals surface area contributed by atoms with Crippen molar-refractivity contribution in [3.63, 3.8) is 0 Å². The monoisotopic (exact) mass is 631 g/mol. The summed E-state index contributed by atoms with van der Waals surface area (Å²) in [6, 6.07) is 29.2. The number of rotatable bonds is 13. The summed E-state index contributed by atoms with van der Waals surface area (Å²) in [4.78, 5) is 29.7. The number of sulfonamides is 1. The molecule has 0 spiro atoms. The minimum absolute atomic E-state index is 0.00436. The van der Waals surface area contributed by atoms with E-state index in [-0.39, 0.29) is 23.8 Å². The molecular formula is C35H38ClN3O4S. The Morgan fingerprint density at radius 2 is 1.50 bits per heavy atom. The molecule has 0 fully saturated rings. The summed E-state index contributed by atoms with van der Waals surface area (Å²) in [5.41, 5.74) is 3.79. The molecular weight excluding hydrogens is 594 g/mol. The van der Waals surface area contributed by atoms with Gasteiger partial charge in [0.25, 0.3) is 10.0 Å². The van der Waals surface area contributed by atoms with Gasteiger partial charge in [-0.2, -0.15) is 0 Å². The molecule has 4 aromatic rings. The van der Waals surface area contributed by atoms with Gasteiger partial charge in [-0.15, -0.1) is 0 Å². The normalized spacial score (nSPS) is 11.9. The van der Waals surface area contributed by atoms with E-state index in [1.54, 1.807) is 25.1 Å². The second-order valence-corrected chi connectivity index (χ2v) is 13.1. The lowest BCUT2D eigenvalue weighted by molar-refractivity contribution is -0.140. The number of para-hydroxylation sites is 1. The van der Waals surface area contributed by atoms with Crippen LogP contribution in [0.3, 0.4) is 0 Å². The summed E-state index contributed by atoms with van der Waals surface area (Å²) in [7, 11) is -4.19. The molecule has 0 bridgehead atoms. The summed E-state index contributed by atoms with van der Waals surface area (Å²) < 4.78 is 29.4. The van der Waals surface area contributed by atoms with Crippen LogP contribution in [0.2, 0.25) is 5.02 Å². The first kappa shape index (κ1) is 32.8. The van der Waals surface area contributed by atoms with Crippen molar-refractivity contribution in [3.05, 3.63) is 130 Å². The van der Waals surface area contributed by atoms with Crippen molar-refractivity contribution in [1.82, 2.24) is 10.2 Å². The third-order valence-electron chi connectivity index (χ3n) is 7.32. The molecule has 230 valence electrons.